The Morgan fingerprint density at radius 1 is 0.885 bits per heavy atom. The van der Waals surface area contributed by atoms with Crippen LogP contribution in [0.5, 0.6) is 0 Å². The van der Waals surface area contributed by atoms with Crippen molar-refractivity contribution in [3.8, 4) is 10.6 Å². The number of aromatic nitrogens is 5. The highest BCUT2D eigenvalue weighted by Gasteiger charge is 2.20. The maximum Gasteiger partial charge on any atom is 0.225 e. The molecule has 1 fully saturated rings. The molecule has 4 rings (SSSR count). The van der Waals surface area contributed by atoms with Gasteiger partial charge < -0.3 is 9.80 Å². The van der Waals surface area contributed by atoms with Gasteiger partial charge in [0.2, 0.25) is 5.95 Å². The summed E-state index contributed by atoms with van der Waals surface area (Å²) in [6, 6.07) is 6.01. The number of hydrogen-bond donors (Lipinski definition) is 0. The molecule has 0 N–H and O–H groups in total. The summed E-state index contributed by atoms with van der Waals surface area (Å²) in [7, 11) is 0. The summed E-state index contributed by atoms with van der Waals surface area (Å²) < 4.78 is 0. The van der Waals surface area contributed by atoms with Crippen molar-refractivity contribution in [3.05, 3.63) is 40.8 Å². The minimum atomic E-state index is 0.808. The Kier molecular flexibility index (Phi) is 4.50. The Hall–Kier alpha value is -2.61. The summed E-state index contributed by atoms with van der Waals surface area (Å²) in [4.78, 5) is 18.9. The summed E-state index contributed by atoms with van der Waals surface area (Å²) in [5, 5.41) is 9.93. The van der Waals surface area contributed by atoms with Crippen LogP contribution in [0.4, 0.5) is 11.8 Å². The molecule has 0 unspecified atom stereocenters. The van der Waals surface area contributed by atoms with E-state index in [0.29, 0.717) is 0 Å². The molecule has 8 heteroatoms. The second-order valence-electron chi connectivity index (χ2n) is 6.40. The van der Waals surface area contributed by atoms with Crippen LogP contribution in [-0.4, -0.2) is 51.3 Å². The quantitative estimate of drug-likeness (QED) is 0.705. The molecular formula is C18H21N7S. The zero-order valence-corrected chi connectivity index (χ0v) is 16.0. The molecule has 0 radical (unpaired) electrons. The lowest BCUT2D eigenvalue weighted by molar-refractivity contribution is 0.630. The first kappa shape index (κ1) is 16.8. The predicted octanol–water partition coefficient (Wildman–Crippen LogP) is 2.64. The fourth-order valence-corrected chi connectivity index (χ4v) is 3.99. The van der Waals surface area contributed by atoms with Gasteiger partial charge in [0.1, 0.15) is 5.69 Å². The first-order chi connectivity index (χ1) is 12.6. The molecule has 0 aromatic carbocycles. The molecule has 0 amide bonds. The maximum atomic E-state index is 4.51. The largest absolute Gasteiger partial charge is 0.352 e. The lowest BCUT2D eigenvalue weighted by Crippen LogP contribution is -2.47. The van der Waals surface area contributed by atoms with Crippen molar-refractivity contribution in [3.63, 3.8) is 0 Å². The first-order valence-corrected chi connectivity index (χ1v) is 9.49. The topological polar surface area (TPSA) is 70.9 Å². The number of rotatable bonds is 3. The number of aryl methyl sites for hydroxylation is 3. The summed E-state index contributed by atoms with van der Waals surface area (Å²) in [6.07, 6.45) is 1.82. The monoisotopic (exact) mass is 367 g/mol. The number of piperazine rings is 1. The van der Waals surface area contributed by atoms with Crippen LogP contribution in [0.15, 0.2) is 24.4 Å². The van der Waals surface area contributed by atoms with Crippen LogP contribution in [0.25, 0.3) is 10.6 Å². The van der Waals surface area contributed by atoms with E-state index in [1.807, 2.05) is 39.1 Å². The summed E-state index contributed by atoms with van der Waals surface area (Å²) in [6.45, 7) is 9.53. The number of anilines is 2. The summed E-state index contributed by atoms with van der Waals surface area (Å²) in [5.41, 5.74) is 2.90. The highest BCUT2D eigenvalue weighted by molar-refractivity contribution is 7.15. The second kappa shape index (κ2) is 6.95. The van der Waals surface area contributed by atoms with Crippen molar-refractivity contribution in [1.82, 2.24) is 25.1 Å². The van der Waals surface area contributed by atoms with E-state index in [9.17, 15) is 0 Å². The van der Waals surface area contributed by atoms with Gasteiger partial charge >= 0.3 is 0 Å². The summed E-state index contributed by atoms with van der Waals surface area (Å²) in [5.74, 6) is 1.72. The van der Waals surface area contributed by atoms with Gasteiger partial charge in [-0.3, -0.25) is 0 Å². The van der Waals surface area contributed by atoms with Crippen molar-refractivity contribution in [2.45, 2.75) is 20.8 Å². The maximum absolute atomic E-state index is 4.51. The minimum Gasteiger partial charge on any atom is -0.352 e. The van der Waals surface area contributed by atoms with Gasteiger partial charge in [0.25, 0.3) is 0 Å². The fraction of sp³-hybridized carbons (Fsp3) is 0.389. The van der Waals surface area contributed by atoms with Gasteiger partial charge in [-0.2, -0.15) is 0 Å². The van der Waals surface area contributed by atoms with E-state index in [0.717, 1.165) is 64.9 Å². The molecular weight excluding hydrogens is 346 g/mol. The second-order valence-corrected chi connectivity index (χ2v) is 7.60. The van der Waals surface area contributed by atoms with E-state index in [4.69, 9.17) is 0 Å². The van der Waals surface area contributed by atoms with Crippen LogP contribution in [0.1, 0.15) is 16.4 Å². The predicted molar refractivity (Wildman–Crippen MR) is 104 cm³/mol. The minimum absolute atomic E-state index is 0.808. The Morgan fingerprint density at radius 3 is 2.27 bits per heavy atom. The Morgan fingerprint density at radius 2 is 1.65 bits per heavy atom. The molecule has 1 aliphatic heterocycles. The van der Waals surface area contributed by atoms with E-state index in [-0.39, 0.29) is 0 Å². The third kappa shape index (κ3) is 3.37. The molecule has 0 aliphatic carbocycles. The van der Waals surface area contributed by atoms with E-state index in [2.05, 4.69) is 41.0 Å². The average molecular weight is 367 g/mol. The van der Waals surface area contributed by atoms with Crippen LogP contribution in [0.2, 0.25) is 0 Å². The molecule has 26 heavy (non-hydrogen) atoms. The van der Waals surface area contributed by atoms with Crippen LogP contribution < -0.4 is 9.80 Å². The Bertz CT molecular complexity index is 898. The Labute approximate surface area is 156 Å². The lowest BCUT2D eigenvalue weighted by Gasteiger charge is -2.35. The molecule has 0 saturated carbocycles. The molecule has 3 aromatic rings. The molecule has 4 heterocycles. The molecule has 0 atom stereocenters. The zero-order chi connectivity index (χ0) is 18.1. The van der Waals surface area contributed by atoms with Gasteiger partial charge in [-0.05, 0) is 39.0 Å². The van der Waals surface area contributed by atoms with Crippen LogP contribution in [-0.2, 0) is 0 Å². The number of nitrogens with zero attached hydrogens (tertiary/aromatic N) is 7. The number of hydrogen-bond acceptors (Lipinski definition) is 8. The molecule has 7 nitrogen and oxygen atoms in total. The van der Waals surface area contributed by atoms with E-state index in [1.165, 1.54) is 0 Å². The molecule has 1 aliphatic rings. The average Bonchev–Trinajstić information content (AvgIpc) is 3.00. The molecule has 1 saturated heterocycles. The third-order valence-electron chi connectivity index (χ3n) is 4.46. The molecule has 3 aromatic heterocycles. The van der Waals surface area contributed by atoms with Gasteiger partial charge in [0.15, 0.2) is 5.82 Å². The van der Waals surface area contributed by atoms with Gasteiger partial charge in [-0.15, -0.1) is 21.5 Å². The normalized spacial score (nSPS) is 14.7. The van der Waals surface area contributed by atoms with Gasteiger partial charge in [0, 0.05) is 38.1 Å². The molecule has 134 valence electrons. The SMILES string of the molecule is Cc1ccnc(N2CCN(c3ccc(-c4sc(C)nc4C)nn3)CC2)n1. The van der Waals surface area contributed by atoms with Gasteiger partial charge in [0.05, 0.1) is 15.6 Å². The van der Waals surface area contributed by atoms with E-state index < -0.39 is 0 Å². The summed E-state index contributed by atoms with van der Waals surface area (Å²) >= 11 is 1.66. The first-order valence-electron chi connectivity index (χ1n) is 8.68. The standard InChI is InChI=1S/C18H21N7S/c1-12-6-7-19-18(20-12)25-10-8-24(9-11-25)16-5-4-15(22-23-16)17-13(2)21-14(3)26-17/h4-7H,8-11H2,1-3H3. The number of thiazole rings is 1. The van der Waals surface area contributed by atoms with Gasteiger partial charge in [-0.1, -0.05) is 0 Å². The van der Waals surface area contributed by atoms with Crippen molar-refractivity contribution in [2.75, 3.05) is 36.0 Å². The van der Waals surface area contributed by atoms with Gasteiger partial charge in [-0.25, -0.2) is 15.0 Å². The highest BCUT2D eigenvalue weighted by Crippen LogP contribution is 2.28. The van der Waals surface area contributed by atoms with Crippen molar-refractivity contribution in [1.29, 1.82) is 0 Å². The van der Waals surface area contributed by atoms with E-state index in [1.54, 1.807) is 11.3 Å². The van der Waals surface area contributed by atoms with Crippen LogP contribution in [0, 0.1) is 20.8 Å². The van der Waals surface area contributed by atoms with Crippen molar-refractivity contribution in [2.24, 2.45) is 0 Å². The van der Waals surface area contributed by atoms with Crippen LogP contribution in [0.3, 0.4) is 0 Å². The third-order valence-corrected chi connectivity index (χ3v) is 5.55. The smallest absolute Gasteiger partial charge is 0.225 e. The van der Waals surface area contributed by atoms with Crippen molar-refractivity contribution < 1.29 is 0 Å². The fourth-order valence-electron chi connectivity index (χ4n) is 3.11. The zero-order valence-electron chi connectivity index (χ0n) is 15.2. The molecule has 0 bridgehead atoms. The van der Waals surface area contributed by atoms with Crippen molar-refractivity contribution >= 4 is 23.1 Å². The van der Waals surface area contributed by atoms with Crippen LogP contribution >= 0.6 is 11.3 Å². The lowest BCUT2D eigenvalue weighted by atomic mass is 10.2. The highest BCUT2D eigenvalue weighted by atomic mass is 32.1. The molecule has 0 spiro atoms. The van der Waals surface area contributed by atoms with E-state index >= 15 is 0 Å². The Balaban J connectivity index is 1.44.